The fourth-order valence-corrected chi connectivity index (χ4v) is 3.12. The molecule has 0 aliphatic carbocycles. The number of imidazole rings is 1. The van der Waals surface area contributed by atoms with Gasteiger partial charge >= 0.3 is 0 Å². The largest absolute Gasteiger partial charge is 0.415 e. The molecule has 2 heterocycles. The SMILES string of the molecule is CC(C)(C)[Si](C)(C)OCCn1ccnc1-c1cnccc1Cl. The zero-order chi connectivity index (χ0) is 16.4. The summed E-state index contributed by atoms with van der Waals surface area (Å²) in [5.41, 5.74) is 0.849. The van der Waals surface area contributed by atoms with E-state index < -0.39 is 8.32 Å². The van der Waals surface area contributed by atoms with Gasteiger partial charge in [-0.15, -0.1) is 0 Å². The molecule has 4 nitrogen and oxygen atoms in total. The first-order valence-electron chi connectivity index (χ1n) is 7.47. The van der Waals surface area contributed by atoms with E-state index in [2.05, 4.69) is 48.4 Å². The molecule has 0 spiro atoms. The molecule has 0 saturated carbocycles. The predicted octanol–water partition coefficient (Wildman–Crippen LogP) is 4.62. The Labute approximate surface area is 138 Å². The first kappa shape index (κ1) is 17.2. The van der Waals surface area contributed by atoms with E-state index in [-0.39, 0.29) is 5.04 Å². The van der Waals surface area contributed by atoms with Crippen LogP contribution in [0.15, 0.2) is 30.9 Å². The summed E-state index contributed by atoms with van der Waals surface area (Å²) >= 11 is 6.24. The van der Waals surface area contributed by atoms with Gasteiger partial charge in [0.1, 0.15) is 5.82 Å². The molecule has 0 radical (unpaired) electrons. The van der Waals surface area contributed by atoms with E-state index in [0.29, 0.717) is 11.6 Å². The molecule has 22 heavy (non-hydrogen) atoms. The van der Waals surface area contributed by atoms with Crippen molar-refractivity contribution in [3.63, 3.8) is 0 Å². The van der Waals surface area contributed by atoms with Crippen molar-refractivity contribution in [1.29, 1.82) is 0 Å². The van der Waals surface area contributed by atoms with Gasteiger partial charge in [0.2, 0.25) is 0 Å². The zero-order valence-electron chi connectivity index (χ0n) is 13.9. The zero-order valence-corrected chi connectivity index (χ0v) is 15.7. The van der Waals surface area contributed by atoms with Gasteiger partial charge in [0.25, 0.3) is 0 Å². The molecule has 2 aromatic rings. The average Bonchev–Trinajstić information content (AvgIpc) is 2.86. The van der Waals surface area contributed by atoms with Crippen LogP contribution in [0.25, 0.3) is 11.4 Å². The minimum Gasteiger partial charge on any atom is -0.415 e. The molecule has 0 bridgehead atoms. The van der Waals surface area contributed by atoms with Crippen LogP contribution in [0.3, 0.4) is 0 Å². The highest BCUT2D eigenvalue weighted by Gasteiger charge is 2.36. The summed E-state index contributed by atoms with van der Waals surface area (Å²) in [5, 5.41) is 0.880. The maximum Gasteiger partial charge on any atom is 0.192 e. The van der Waals surface area contributed by atoms with Crippen LogP contribution in [0.2, 0.25) is 23.2 Å². The topological polar surface area (TPSA) is 39.9 Å². The number of hydrogen-bond donors (Lipinski definition) is 0. The quantitative estimate of drug-likeness (QED) is 0.747. The number of rotatable bonds is 5. The molecule has 2 aromatic heterocycles. The predicted molar refractivity (Wildman–Crippen MR) is 93.6 cm³/mol. The van der Waals surface area contributed by atoms with E-state index in [9.17, 15) is 0 Å². The van der Waals surface area contributed by atoms with E-state index in [1.807, 2.05) is 6.20 Å². The molecule has 0 aliphatic heterocycles. The van der Waals surface area contributed by atoms with Crippen molar-refractivity contribution in [3.8, 4) is 11.4 Å². The average molecular weight is 338 g/mol. The van der Waals surface area contributed by atoms with Crippen LogP contribution >= 0.6 is 11.6 Å². The number of aromatic nitrogens is 3. The Kier molecular flexibility index (Phi) is 5.09. The molecule has 0 atom stereocenters. The lowest BCUT2D eigenvalue weighted by Gasteiger charge is -2.36. The van der Waals surface area contributed by atoms with Crippen molar-refractivity contribution in [2.24, 2.45) is 0 Å². The van der Waals surface area contributed by atoms with Gasteiger partial charge in [0, 0.05) is 31.3 Å². The van der Waals surface area contributed by atoms with Crippen LogP contribution in [0.4, 0.5) is 0 Å². The molecule has 2 rings (SSSR count). The van der Waals surface area contributed by atoms with Crippen molar-refractivity contribution in [2.45, 2.75) is 45.4 Å². The Morgan fingerprint density at radius 2 is 2.00 bits per heavy atom. The van der Waals surface area contributed by atoms with E-state index in [0.717, 1.165) is 17.9 Å². The van der Waals surface area contributed by atoms with Gasteiger partial charge in [0.15, 0.2) is 8.32 Å². The van der Waals surface area contributed by atoms with Crippen LogP contribution in [-0.2, 0) is 11.0 Å². The number of halogens is 1. The minimum absolute atomic E-state index is 0.220. The van der Waals surface area contributed by atoms with Gasteiger partial charge in [-0.05, 0) is 24.2 Å². The smallest absolute Gasteiger partial charge is 0.192 e. The normalized spacial score (nSPS) is 12.6. The Bertz CT molecular complexity index is 634. The summed E-state index contributed by atoms with van der Waals surface area (Å²) < 4.78 is 8.30. The van der Waals surface area contributed by atoms with Crippen LogP contribution in [0.5, 0.6) is 0 Å². The highest BCUT2D eigenvalue weighted by molar-refractivity contribution is 6.74. The third kappa shape index (κ3) is 3.77. The Morgan fingerprint density at radius 1 is 1.27 bits per heavy atom. The van der Waals surface area contributed by atoms with Gasteiger partial charge in [0.05, 0.1) is 17.2 Å². The van der Waals surface area contributed by atoms with Gasteiger partial charge in [-0.25, -0.2) is 4.98 Å². The molecule has 0 aliphatic rings. The molecular formula is C16H24ClN3OSi. The van der Waals surface area contributed by atoms with Crippen LogP contribution in [0, 0.1) is 0 Å². The molecule has 0 amide bonds. The van der Waals surface area contributed by atoms with Crippen molar-refractivity contribution >= 4 is 19.9 Å². The lowest BCUT2D eigenvalue weighted by Crippen LogP contribution is -2.41. The second-order valence-electron chi connectivity index (χ2n) is 6.91. The third-order valence-electron chi connectivity index (χ3n) is 4.33. The molecular weight excluding hydrogens is 314 g/mol. The fourth-order valence-electron chi connectivity index (χ4n) is 1.89. The number of pyridine rings is 1. The number of nitrogens with zero attached hydrogens (tertiary/aromatic N) is 3. The van der Waals surface area contributed by atoms with Gasteiger partial charge < -0.3 is 8.99 Å². The molecule has 0 aromatic carbocycles. The van der Waals surface area contributed by atoms with E-state index in [1.165, 1.54) is 0 Å². The van der Waals surface area contributed by atoms with Crippen molar-refractivity contribution in [2.75, 3.05) is 6.61 Å². The standard InChI is InChI=1S/C16H24ClN3OSi/c1-16(2,3)22(4,5)21-11-10-20-9-8-19-15(20)13-12-18-7-6-14(13)17/h6-9,12H,10-11H2,1-5H3. The highest BCUT2D eigenvalue weighted by Crippen LogP contribution is 2.36. The lowest BCUT2D eigenvalue weighted by molar-refractivity contribution is 0.272. The summed E-state index contributed by atoms with van der Waals surface area (Å²) in [6, 6.07) is 1.78. The summed E-state index contributed by atoms with van der Waals surface area (Å²) in [7, 11) is -1.72. The second-order valence-corrected chi connectivity index (χ2v) is 12.1. The van der Waals surface area contributed by atoms with Crippen molar-refractivity contribution < 1.29 is 4.43 Å². The Hall–Kier alpha value is -1.17. The minimum atomic E-state index is -1.72. The maximum atomic E-state index is 6.24. The van der Waals surface area contributed by atoms with E-state index >= 15 is 0 Å². The Morgan fingerprint density at radius 3 is 2.64 bits per heavy atom. The van der Waals surface area contributed by atoms with E-state index in [1.54, 1.807) is 24.7 Å². The molecule has 0 fully saturated rings. The molecule has 0 saturated heterocycles. The highest BCUT2D eigenvalue weighted by atomic mass is 35.5. The van der Waals surface area contributed by atoms with Crippen molar-refractivity contribution in [1.82, 2.24) is 14.5 Å². The van der Waals surface area contributed by atoms with E-state index in [4.69, 9.17) is 16.0 Å². The van der Waals surface area contributed by atoms with Crippen LogP contribution in [-0.4, -0.2) is 29.5 Å². The summed E-state index contributed by atoms with van der Waals surface area (Å²) in [6.07, 6.45) is 7.16. The Balaban J connectivity index is 2.08. The maximum absolute atomic E-state index is 6.24. The molecule has 0 unspecified atom stereocenters. The lowest BCUT2D eigenvalue weighted by atomic mass is 10.2. The van der Waals surface area contributed by atoms with Gasteiger partial charge in [-0.1, -0.05) is 32.4 Å². The monoisotopic (exact) mass is 337 g/mol. The first-order chi connectivity index (χ1) is 10.2. The van der Waals surface area contributed by atoms with Crippen molar-refractivity contribution in [3.05, 3.63) is 35.9 Å². The summed E-state index contributed by atoms with van der Waals surface area (Å²) in [6.45, 7) is 12.7. The molecule has 0 N–H and O–H groups in total. The number of hydrogen-bond acceptors (Lipinski definition) is 3. The van der Waals surface area contributed by atoms with Crippen LogP contribution in [0.1, 0.15) is 20.8 Å². The summed E-state index contributed by atoms with van der Waals surface area (Å²) in [4.78, 5) is 8.54. The third-order valence-corrected chi connectivity index (χ3v) is 9.19. The summed E-state index contributed by atoms with van der Waals surface area (Å²) in [5.74, 6) is 0.830. The van der Waals surface area contributed by atoms with Gasteiger partial charge in [-0.3, -0.25) is 4.98 Å². The van der Waals surface area contributed by atoms with Crippen LogP contribution < -0.4 is 0 Å². The fraction of sp³-hybridized carbons (Fsp3) is 0.500. The van der Waals surface area contributed by atoms with Gasteiger partial charge in [-0.2, -0.15) is 0 Å². The molecule has 120 valence electrons. The second kappa shape index (κ2) is 6.52. The first-order valence-corrected chi connectivity index (χ1v) is 10.8. The molecule has 6 heteroatoms.